The van der Waals surface area contributed by atoms with Crippen molar-refractivity contribution in [1.82, 2.24) is 10.5 Å². The number of hydrogen-bond donors (Lipinski definition) is 1. The lowest BCUT2D eigenvalue weighted by Crippen LogP contribution is -2.42. The molecule has 0 aliphatic heterocycles. The van der Waals surface area contributed by atoms with Crippen LogP contribution in [-0.4, -0.2) is 11.1 Å². The van der Waals surface area contributed by atoms with Crippen LogP contribution in [0.2, 0.25) is 0 Å². The summed E-state index contributed by atoms with van der Waals surface area (Å²) in [5.74, 6) is 0.666. The average molecular weight is 286 g/mol. The Morgan fingerprint density at radius 2 is 1.95 bits per heavy atom. The Bertz CT molecular complexity index is 637. The second-order valence-corrected chi connectivity index (χ2v) is 5.79. The largest absolute Gasteiger partial charge is 0.361 e. The van der Waals surface area contributed by atoms with Crippen molar-refractivity contribution in [1.29, 1.82) is 0 Å². The van der Waals surface area contributed by atoms with E-state index in [4.69, 9.17) is 4.52 Å². The van der Waals surface area contributed by atoms with Crippen molar-refractivity contribution in [2.45, 2.75) is 46.6 Å². The van der Waals surface area contributed by atoms with E-state index in [0.717, 1.165) is 34.6 Å². The summed E-state index contributed by atoms with van der Waals surface area (Å²) in [5.41, 5.74) is 2.97. The first-order valence-corrected chi connectivity index (χ1v) is 7.20. The van der Waals surface area contributed by atoms with Gasteiger partial charge in [-0.05, 0) is 45.7 Å². The van der Waals surface area contributed by atoms with Crippen LogP contribution >= 0.6 is 0 Å². The van der Waals surface area contributed by atoms with Gasteiger partial charge >= 0.3 is 0 Å². The zero-order valence-electron chi connectivity index (χ0n) is 13.3. The highest BCUT2D eigenvalue weighted by molar-refractivity contribution is 5.96. The van der Waals surface area contributed by atoms with Gasteiger partial charge in [-0.15, -0.1) is 0 Å². The Labute approximate surface area is 125 Å². The summed E-state index contributed by atoms with van der Waals surface area (Å²) < 4.78 is 5.21. The smallest absolute Gasteiger partial charge is 0.252 e. The lowest BCUT2D eigenvalue weighted by Gasteiger charge is -2.27. The van der Waals surface area contributed by atoms with Crippen molar-refractivity contribution in [2.75, 3.05) is 0 Å². The van der Waals surface area contributed by atoms with E-state index in [1.165, 1.54) is 0 Å². The Kier molecular flexibility index (Phi) is 4.16. The summed E-state index contributed by atoms with van der Waals surface area (Å²) in [7, 11) is 0. The number of nitrogens with zero attached hydrogens (tertiary/aromatic N) is 1. The predicted molar refractivity (Wildman–Crippen MR) is 82.3 cm³/mol. The summed E-state index contributed by atoms with van der Waals surface area (Å²) in [4.78, 5) is 12.6. The summed E-state index contributed by atoms with van der Waals surface area (Å²) in [6.45, 7) is 9.73. The van der Waals surface area contributed by atoms with Crippen molar-refractivity contribution >= 4 is 5.91 Å². The van der Waals surface area contributed by atoms with E-state index in [1.807, 2.05) is 58.9 Å². The molecule has 0 fully saturated rings. The SMILES string of the molecule is CCc1ccccc1C(=O)NC(C)(C)c1c(C)noc1C. The van der Waals surface area contributed by atoms with Crippen molar-refractivity contribution in [3.8, 4) is 0 Å². The highest BCUT2D eigenvalue weighted by Crippen LogP contribution is 2.27. The quantitative estimate of drug-likeness (QED) is 0.935. The Balaban J connectivity index is 2.30. The maximum absolute atomic E-state index is 12.6. The lowest BCUT2D eigenvalue weighted by molar-refractivity contribution is 0.0910. The highest BCUT2D eigenvalue weighted by atomic mass is 16.5. The number of carbonyl (C=O) groups excluding carboxylic acids is 1. The fraction of sp³-hybridized carbons (Fsp3) is 0.412. The van der Waals surface area contributed by atoms with E-state index >= 15 is 0 Å². The molecule has 0 unspecified atom stereocenters. The number of benzene rings is 1. The molecule has 0 saturated heterocycles. The predicted octanol–water partition coefficient (Wildman–Crippen LogP) is 3.52. The summed E-state index contributed by atoms with van der Waals surface area (Å²) in [5, 5.41) is 7.06. The third kappa shape index (κ3) is 2.99. The van der Waals surface area contributed by atoms with Crippen LogP contribution in [0.1, 0.15) is 53.7 Å². The number of amides is 1. The van der Waals surface area contributed by atoms with E-state index in [9.17, 15) is 4.79 Å². The Hall–Kier alpha value is -2.10. The van der Waals surface area contributed by atoms with Gasteiger partial charge in [-0.3, -0.25) is 4.79 Å². The van der Waals surface area contributed by atoms with Crippen LogP contribution in [0.25, 0.3) is 0 Å². The average Bonchev–Trinajstić information content (AvgIpc) is 2.78. The van der Waals surface area contributed by atoms with E-state index in [2.05, 4.69) is 10.5 Å². The van der Waals surface area contributed by atoms with Crippen LogP contribution in [0.5, 0.6) is 0 Å². The summed E-state index contributed by atoms with van der Waals surface area (Å²) in [6, 6.07) is 7.68. The van der Waals surface area contributed by atoms with Gasteiger partial charge in [0.15, 0.2) is 0 Å². The fourth-order valence-electron chi connectivity index (χ4n) is 2.84. The van der Waals surface area contributed by atoms with Gasteiger partial charge in [0.25, 0.3) is 5.91 Å². The molecular formula is C17H22N2O2. The van der Waals surface area contributed by atoms with Crippen LogP contribution in [0, 0.1) is 13.8 Å². The summed E-state index contributed by atoms with van der Waals surface area (Å²) in [6.07, 6.45) is 0.829. The molecule has 1 aromatic carbocycles. The minimum absolute atomic E-state index is 0.0718. The van der Waals surface area contributed by atoms with E-state index in [0.29, 0.717) is 0 Å². The highest BCUT2D eigenvalue weighted by Gasteiger charge is 2.30. The maximum atomic E-state index is 12.6. The molecule has 0 atom stereocenters. The molecule has 0 spiro atoms. The zero-order valence-corrected chi connectivity index (χ0v) is 13.3. The van der Waals surface area contributed by atoms with E-state index in [-0.39, 0.29) is 5.91 Å². The lowest BCUT2D eigenvalue weighted by atomic mass is 9.91. The monoisotopic (exact) mass is 286 g/mol. The van der Waals surface area contributed by atoms with Crippen LogP contribution in [0.15, 0.2) is 28.8 Å². The molecule has 1 heterocycles. The molecule has 112 valence electrons. The van der Waals surface area contributed by atoms with E-state index in [1.54, 1.807) is 0 Å². The van der Waals surface area contributed by atoms with Gasteiger partial charge in [0.05, 0.1) is 11.2 Å². The molecule has 1 N–H and O–H groups in total. The van der Waals surface area contributed by atoms with Crippen LogP contribution in [0.4, 0.5) is 0 Å². The van der Waals surface area contributed by atoms with Gasteiger partial charge in [-0.1, -0.05) is 30.3 Å². The molecule has 2 aromatic rings. The summed E-state index contributed by atoms with van der Waals surface area (Å²) >= 11 is 0. The number of aromatic nitrogens is 1. The van der Waals surface area contributed by atoms with Gasteiger partial charge in [0.1, 0.15) is 5.76 Å². The van der Waals surface area contributed by atoms with Gasteiger partial charge in [-0.25, -0.2) is 0 Å². The molecule has 21 heavy (non-hydrogen) atoms. The number of aryl methyl sites for hydroxylation is 3. The van der Waals surface area contributed by atoms with Gasteiger partial charge in [0, 0.05) is 11.1 Å². The van der Waals surface area contributed by atoms with Gasteiger partial charge in [-0.2, -0.15) is 0 Å². The number of nitrogens with one attached hydrogen (secondary N) is 1. The number of carbonyl (C=O) groups is 1. The Morgan fingerprint density at radius 1 is 1.29 bits per heavy atom. The molecule has 4 heteroatoms. The molecule has 2 rings (SSSR count). The topological polar surface area (TPSA) is 55.1 Å². The van der Waals surface area contributed by atoms with Gasteiger partial charge in [0.2, 0.25) is 0 Å². The number of rotatable bonds is 4. The van der Waals surface area contributed by atoms with Gasteiger partial charge < -0.3 is 9.84 Å². The third-order valence-electron chi connectivity index (χ3n) is 3.73. The molecule has 0 saturated carbocycles. The van der Waals surface area contributed by atoms with E-state index < -0.39 is 5.54 Å². The van der Waals surface area contributed by atoms with Crippen molar-refractivity contribution in [3.05, 3.63) is 52.4 Å². The first-order chi connectivity index (χ1) is 9.86. The zero-order chi connectivity index (χ0) is 15.6. The normalized spacial score (nSPS) is 11.5. The molecule has 0 aliphatic rings. The van der Waals surface area contributed by atoms with Crippen LogP contribution < -0.4 is 5.32 Å². The molecule has 0 radical (unpaired) electrons. The molecule has 0 aliphatic carbocycles. The minimum Gasteiger partial charge on any atom is -0.361 e. The van der Waals surface area contributed by atoms with Crippen LogP contribution in [0.3, 0.4) is 0 Å². The fourth-order valence-corrected chi connectivity index (χ4v) is 2.84. The van der Waals surface area contributed by atoms with Crippen molar-refractivity contribution < 1.29 is 9.32 Å². The molecule has 1 amide bonds. The first kappa shape index (κ1) is 15.3. The van der Waals surface area contributed by atoms with Crippen molar-refractivity contribution in [2.24, 2.45) is 0 Å². The van der Waals surface area contributed by atoms with Crippen LogP contribution in [-0.2, 0) is 12.0 Å². The number of hydrogen-bond acceptors (Lipinski definition) is 3. The minimum atomic E-state index is -0.536. The maximum Gasteiger partial charge on any atom is 0.252 e. The van der Waals surface area contributed by atoms with Crippen molar-refractivity contribution in [3.63, 3.8) is 0 Å². The molecule has 4 nitrogen and oxygen atoms in total. The molecule has 0 bridgehead atoms. The molecule has 1 aromatic heterocycles. The Morgan fingerprint density at radius 3 is 2.52 bits per heavy atom. The first-order valence-electron chi connectivity index (χ1n) is 7.20. The second-order valence-electron chi connectivity index (χ2n) is 5.79. The molecular weight excluding hydrogens is 264 g/mol. The third-order valence-corrected chi connectivity index (χ3v) is 3.73. The standard InChI is InChI=1S/C17H22N2O2/c1-6-13-9-7-8-10-14(13)16(20)18-17(4,5)15-11(2)19-21-12(15)3/h7-10H,6H2,1-5H3,(H,18,20). The second kappa shape index (κ2) is 5.72.